The molecule has 0 saturated carbocycles. The fourth-order valence-electron chi connectivity index (χ4n) is 1.90. The first-order valence-corrected chi connectivity index (χ1v) is 5.69. The van der Waals surface area contributed by atoms with E-state index in [0.29, 0.717) is 5.92 Å². The summed E-state index contributed by atoms with van der Waals surface area (Å²) in [6.07, 6.45) is 8.65. The maximum Gasteiger partial charge on any atom is 0.0155 e. The van der Waals surface area contributed by atoms with E-state index in [4.69, 9.17) is 6.42 Å². The van der Waals surface area contributed by atoms with E-state index in [1.165, 1.54) is 29.5 Å². The van der Waals surface area contributed by atoms with Gasteiger partial charge in [-0.2, -0.15) is 0 Å². The maximum absolute atomic E-state index is 5.41. The van der Waals surface area contributed by atoms with Gasteiger partial charge in [-0.1, -0.05) is 31.5 Å². The highest BCUT2D eigenvalue weighted by Crippen LogP contribution is 2.26. The third kappa shape index (κ3) is 3.13. The van der Waals surface area contributed by atoms with Gasteiger partial charge in [0.25, 0.3) is 0 Å². The van der Waals surface area contributed by atoms with E-state index in [1.807, 2.05) is 0 Å². The van der Waals surface area contributed by atoms with Gasteiger partial charge in [0, 0.05) is 6.42 Å². The predicted molar refractivity (Wildman–Crippen MR) is 67.0 cm³/mol. The van der Waals surface area contributed by atoms with Crippen LogP contribution in [0.3, 0.4) is 0 Å². The lowest BCUT2D eigenvalue weighted by atomic mass is 9.90. The smallest absolute Gasteiger partial charge is 0.0155 e. The van der Waals surface area contributed by atoms with Crippen LogP contribution in [0.2, 0.25) is 0 Å². The molecule has 0 aliphatic carbocycles. The maximum atomic E-state index is 5.41. The minimum atomic E-state index is 0.541. The number of hydrogen-bond acceptors (Lipinski definition) is 0. The molecule has 0 fully saturated rings. The third-order valence-corrected chi connectivity index (χ3v) is 3.00. The number of hydrogen-bond donors (Lipinski definition) is 0. The summed E-state index contributed by atoms with van der Waals surface area (Å²) in [5.41, 5.74) is 4.12. The molecule has 0 aliphatic heterocycles. The molecule has 1 atom stereocenters. The van der Waals surface area contributed by atoms with Crippen LogP contribution < -0.4 is 0 Å². The molecular weight excluding hydrogens is 180 g/mol. The monoisotopic (exact) mass is 200 g/mol. The highest BCUT2D eigenvalue weighted by atomic mass is 14.1. The van der Waals surface area contributed by atoms with Crippen molar-refractivity contribution in [2.24, 2.45) is 0 Å². The number of rotatable bonds is 4. The van der Waals surface area contributed by atoms with Crippen LogP contribution in [0.1, 0.15) is 48.8 Å². The topological polar surface area (TPSA) is 0 Å². The van der Waals surface area contributed by atoms with Gasteiger partial charge in [0.05, 0.1) is 0 Å². The van der Waals surface area contributed by atoms with Crippen LogP contribution >= 0.6 is 0 Å². The van der Waals surface area contributed by atoms with Crippen LogP contribution in [0.25, 0.3) is 0 Å². The highest BCUT2D eigenvalue weighted by Gasteiger charge is 2.09. The van der Waals surface area contributed by atoms with Gasteiger partial charge < -0.3 is 0 Å². The Morgan fingerprint density at radius 1 is 1.27 bits per heavy atom. The Morgan fingerprint density at radius 2 is 2.00 bits per heavy atom. The van der Waals surface area contributed by atoms with Crippen LogP contribution in [-0.4, -0.2) is 0 Å². The van der Waals surface area contributed by atoms with Gasteiger partial charge in [-0.25, -0.2) is 0 Å². The molecule has 0 spiro atoms. The molecule has 0 bridgehead atoms. The van der Waals surface area contributed by atoms with Gasteiger partial charge in [0.2, 0.25) is 0 Å². The van der Waals surface area contributed by atoms with Crippen LogP contribution in [0, 0.1) is 26.2 Å². The summed E-state index contributed by atoms with van der Waals surface area (Å²) in [7, 11) is 0. The van der Waals surface area contributed by atoms with E-state index in [-0.39, 0.29) is 0 Å². The normalized spacial score (nSPS) is 12.1. The molecule has 0 aliphatic rings. The molecule has 0 amide bonds. The lowest BCUT2D eigenvalue weighted by Gasteiger charge is -2.15. The van der Waals surface area contributed by atoms with Gasteiger partial charge in [0.1, 0.15) is 0 Å². The van der Waals surface area contributed by atoms with Gasteiger partial charge in [-0.15, -0.1) is 12.3 Å². The van der Waals surface area contributed by atoms with Gasteiger partial charge in [-0.05, 0) is 42.9 Å². The van der Waals surface area contributed by atoms with Gasteiger partial charge >= 0.3 is 0 Å². The van der Waals surface area contributed by atoms with Crippen molar-refractivity contribution in [2.75, 3.05) is 0 Å². The molecule has 0 aromatic heterocycles. The molecule has 80 valence electrons. The summed E-state index contributed by atoms with van der Waals surface area (Å²) in [5.74, 6) is 3.33. The van der Waals surface area contributed by atoms with Crippen LogP contribution in [0.4, 0.5) is 0 Å². The SMILES string of the molecule is C#CCC(CCC)c1ccc(C)c(C)c1. The lowest BCUT2D eigenvalue weighted by molar-refractivity contribution is 0.628. The van der Waals surface area contributed by atoms with E-state index in [2.05, 4.69) is 44.9 Å². The standard InChI is InChI=1S/C15H20/c1-5-7-14(8-6-2)15-10-9-12(3)13(4)11-15/h1,9-11,14H,6-8H2,2-4H3. The van der Waals surface area contributed by atoms with E-state index in [9.17, 15) is 0 Å². The highest BCUT2D eigenvalue weighted by molar-refractivity contribution is 5.32. The van der Waals surface area contributed by atoms with Crippen LogP contribution in [0.15, 0.2) is 18.2 Å². The number of terminal acetylenes is 1. The van der Waals surface area contributed by atoms with E-state index in [0.717, 1.165) is 6.42 Å². The molecule has 1 unspecified atom stereocenters. The average Bonchev–Trinajstić information content (AvgIpc) is 2.22. The van der Waals surface area contributed by atoms with E-state index < -0.39 is 0 Å². The summed E-state index contributed by atoms with van der Waals surface area (Å²) in [5, 5.41) is 0. The first-order valence-electron chi connectivity index (χ1n) is 5.69. The molecule has 1 rings (SSSR count). The number of aryl methyl sites for hydroxylation is 2. The summed E-state index contributed by atoms with van der Waals surface area (Å²) in [6.45, 7) is 6.53. The van der Waals surface area contributed by atoms with Gasteiger partial charge in [-0.3, -0.25) is 0 Å². The van der Waals surface area contributed by atoms with Crippen LogP contribution in [-0.2, 0) is 0 Å². The molecule has 0 radical (unpaired) electrons. The molecule has 1 aromatic carbocycles. The Labute approximate surface area is 93.7 Å². The first-order chi connectivity index (χ1) is 7.19. The van der Waals surface area contributed by atoms with E-state index >= 15 is 0 Å². The zero-order chi connectivity index (χ0) is 11.3. The minimum absolute atomic E-state index is 0.541. The average molecular weight is 200 g/mol. The second kappa shape index (κ2) is 5.61. The molecular formula is C15H20. The summed E-state index contributed by atoms with van der Waals surface area (Å²) >= 11 is 0. The van der Waals surface area contributed by atoms with Crippen molar-refractivity contribution in [3.63, 3.8) is 0 Å². The van der Waals surface area contributed by atoms with Crippen molar-refractivity contribution >= 4 is 0 Å². The number of benzene rings is 1. The molecule has 0 heterocycles. The Balaban J connectivity index is 2.91. The summed E-state index contributed by atoms with van der Waals surface area (Å²) < 4.78 is 0. The minimum Gasteiger partial charge on any atom is -0.120 e. The fraction of sp³-hybridized carbons (Fsp3) is 0.467. The summed E-state index contributed by atoms with van der Waals surface area (Å²) in [6, 6.07) is 6.71. The third-order valence-electron chi connectivity index (χ3n) is 3.00. The van der Waals surface area contributed by atoms with E-state index in [1.54, 1.807) is 0 Å². The van der Waals surface area contributed by atoms with Crippen LogP contribution in [0.5, 0.6) is 0 Å². The molecule has 1 aromatic rings. The second-order valence-electron chi connectivity index (χ2n) is 4.24. The van der Waals surface area contributed by atoms with Crippen molar-refractivity contribution in [1.29, 1.82) is 0 Å². The fourth-order valence-corrected chi connectivity index (χ4v) is 1.90. The zero-order valence-electron chi connectivity index (χ0n) is 10.0. The Bertz CT molecular complexity index is 355. The zero-order valence-corrected chi connectivity index (χ0v) is 10.0. The van der Waals surface area contributed by atoms with Gasteiger partial charge in [0.15, 0.2) is 0 Å². The Hall–Kier alpha value is -1.22. The second-order valence-corrected chi connectivity index (χ2v) is 4.24. The van der Waals surface area contributed by atoms with Crippen molar-refractivity contribution in [1.82, 2.24) is 0 Å². The summed E-state index contributed by atoms with van der Waals surface area (Å²) in [4.78, 5) is 0. The Morgan fingerprint density at radius 3 is 2.53 bits per heavy atom. The molecule has 15 heavy (non-hydrogen) atoms. The van der Waals surface area contributed by atoms with Crippen molar-refractivity contribution in [3.05, 3.63) is 34.9 Å². The lowest BCUT2D eigenvalue weighted by Crippen LogP contribution is -1.98. The molecule has 0 N–H and O–H groups in total. The molecule has 0 heteroatoms. The Kier molecular flexibility index (Phi) is 4.43. The quantitative estimate of drug-likeness (QED) is 0.639. The van der Waals surface area contributed by atoms with Crippen molar-refractivity contribution < 1.29 is 0 Å². The van der Waals surface area contributed by atoms with Crippen molar-refractivity contribution in [2.45, 2.75) is 46.0 Å². The molecule has 0 saturated heterocycles. The predicted octanol–water partition coefficient (Wildman–Crippen LogP) is 4.21. The van der Waals surface area contributed by atoms with Crippen molar-refractivity contribution in [3.8, 4) is 12.3 Å². The molecule has 0 nitrogen and oxygen atoms in total. The largest absolute Gasteiger partial charge is 0.120 e. The first kappa shape index (κ1) is 11.9.